The van der Waals surface area contributed by atoms with Gasteiger partial charge in [-0.25, -0.2) is 0 Å². The minimum Gasteiger partial charge on any atom is -0.378 e. The van der Waals surface area contributed by atoms with Gasteiger partial charge in [-0.1, -0.05) is 47.6 Å². The summed E-state index contributed by atoms with van der Waals surface area (Å²) >= 11 is 0. The molecule has 21 heavy (non-hydrogen) atoms. The van der Waals surface area contributed by atoms with Gasteiger partial charge in [0.2, 0.25) is 5.89 Å². The molecule has 2 aromatic rings. The predicted octanol–water partition coefficient (Wildman–Crippen LogP) is 2.46. The molecule has 1 atom stereocenters. The number of hydrogen-bond acceptors (Lipinski definition) is 5. The molecule has 0 amide bonds. The Bertz CT molecular complexity index is 595. The Balaban J connectivity index is 1.66. The van der Waals surface area contributed by atoms with Crippen molar-refractivity contribution in [3.8, 4) is 0 Å². The fraction of sp³-hybridized carbons (Fsp3) is 0.375. The highest BCUT2D eigenvalue weighted by atomic mass is 16.5. The van der Waals surface area contributed by atoms with Gasteiger partial charge in [0.05, 0.1) is 13.2 Å². The fourth-order valence-corrected chi connectivity index (χ4v) is 2.42. The van der Waals surface area contributed by atoms with Crippen LogP contribution in [-0.4, -0.2) is 41.3 Å². The third-order valence-electron chi connectivity index (χ3n) is 3.52. The molecule has 0 bridgehead atoms. The van der Waals surface area contributed by atoms with Gasteiger partial charge in [0.25, 0.3) is 0 Å². The van der Waals surface area contributed by atoms with Crippen LogP contribution in [0, 0.1) is 6.92 Å². The first-order valence-electron chi connectivity index (χ1n) is 7.16. The molecule has 3 rings (SSSR count). The van der Waals surface area contributed by atoms with Gasteiger partial charge in [-0.2, -0.15) is 4.98 Å². The molecule has 1 unspecified atom stereocenters. The summed E-state index contributed by atoms with van der Waals surface area (Å²) in [6.07, 6.45) is 4.29. The summed E-state index contributed by atoms with van der Waals surface area (Å²) in [7, 11) is 0. The van der Waals surface area contributed by atoms with Crippen LogP contribution < -0.4 is 0 Å². The largest absolute Gasteiger partial charge is 0.378 e. The van der Waals surface area contributed by atoms with E-state index in [1.807, 2.05) is 25.1 Å². The van der Waals surface area contributed by atoms with Crippen molar-refractivity contribution < 1.29 is 9.26 Å². The summed E-state index contributed by atoms with van der Waals surface area (Å²) < 4.78 is 10.8. The molecule has 2 heterocycles. The van der Waals surface area contributed by atoms with Crippen LogP contribution in [0.25, 0.3) is 6.08 Å². The monoisotopic (exact) mass is 285 g/mol. The lowest BCUT2D eigenvalue weighted by Crippen LogP contribution is -2.39. The molecule has 1 aliphatic heterocycles. The van der Waals surface area contributed by atoms with Crippen LogP contribution in [0.4, 0.5) is 0 Å². The van der Waals surface area contributed by atoms with Gasteiger partial charge >= 0.3 is 0 Å². The van der Waals surface area contributed by atoms with Gasteiger partial charge in [-0.15, -0.1) is 0 Å². The fourth-order valence-electron chi connectivity index (χ4n) is 2.42. The number of hydrogen-bond donors (Lipinski definition) is 0. The number of nitrogens with zero attached hydrogens (tertiary/aromatic N) is 3. The van der Waals surface area contributed by atoms with Crippen molar-refractivity contribution >= 4 is 6.08 Å². The number of morpholine rings is 1. The Kier molecular flexibility index (Phi) is 4.43. The molecule has 1 aromatic carbocycles. The molecule has 0 aliphatic carbocycles. The van der Waals surface area contributed by atoms with Crippen molar-refractivity contribution in [1.29, 1.82) is 0 Å². The van der Waals surface area contributed by atoms with Gasteiger partial charge in [0.15, 0.2) is 5.82 Å². The highest BCUT2D eigenvalue weighted by Crippen LogP contribution is 2.22. The van der Waals surface area contributed by atoms with Crippen LogP contribution in [0.1, 0.15) is 23.3 Å². The van der Waals surface area contributed by atoms with E-state index in [1.165, 1.54) is 5.56 Å². The number of ether oxygens (including phenoxy) is 1. The van der Waals surface area contributed by atoms with E-state index in [2.05, 4.69) is 39.3 Å². The SMILES string of the molecule is Cc1noc(C2COCCN2CC=Cc2ccccc2)n1. The Morgan fingerprint density at radius 2 is 2.19 bits per heavy atom. The lowest BCUT2D eigenvalue weighted by molar-refractivity contribution is -0.0141. The topological polar surface area (TPSA) is 51.4 Å². The van der Waals surface area contributed by atoms with E-state index in [9.17, 15) is 0 Å². The van der Waals surface area contributed by atoms with Gasteiger partial charge in [0, 0.05) is 13.1 Å². The normalized spacial score (nSPS) is 20.1. The van der Waals surface area contributed by atoms with Gasteiger partial charge in [0.1, 0.15) is 6.04 Å². The molecule has 1 aromatic heterocycles. The molecule has 1 saturated heterocycles. The quantitative estimate of drug-likeness (QED) is 0.863. The first-order valence-corrected chi connectivity index (χ1v) is 7.16. The molecule has 0 spiro atoms. The van der Waals surface area contributed by atoms with Crippen LogP contribution >= 0.6 is 0 Å². The first kappa shape index (κ1) is 14.0. The molecule has 1 aliphatic rings. The van der Waals surface area contributed by atoms with Crippen LogP contribution in [0.2, 0.25) is 0 Å². The second-order valence-corrected chi connectivity index (χ2v) is 5.08. The summed E-state index contributed by atoms with van der Waals surface area (Å²) in [6.45, 7) is 4.87. The zero-order chi connectivity index (χ0) is 14.5. The minimum atomic E-state index is 0.0420. The molecule has 0 N–H and O–H groups in total. The zero-order valence-electron chi connectivity index (χ0n) is 12.1. The van der Waals surface area contributed by atoms with E-state index in [-0.39, 0.29) is 6.04 Å². The number of aryl methyl sites for hydroxylation is 1. The minimum absolute atomic E-state index is 0.0420. The zero-order valence-corrected chi connectivity index (χ0v) is 12.1. The lowest BCUT2D eigenvalue weighted by atomic mass is 10.2. The van der Waals surface area contributed by atoms with E-state index in [0.29, 0.717) is 18.3 Å². The van der Waals surface area contributed by atoms with Crippen molar-refractivity contribution in [3.63, 3.8) is 0 Å². The molecule has 1 fully saturated rings. The maximum atomic E-state index is 5.55. The second kappa shape index (κ2) is 6.65. The number of benzene rings is 1. The first-order chi connectivity index (χ1) is 10.3. The van der Waals surface area contributed by atoms with Crippen molar-refractivity contribution in [3.05, 3.63) is 53.7 Å². The smallest absolute Gasteiger partial charge is 0.246 e. The molecule has 0 saturated carbocycles. The number of aromatic nitrogens is 2. The molecule has 5 heteroatoms. The lowest BCUT2D eigenvalue weighted by Gasteiger charge is -2.32. The van der Waals surface area contributed by atoms with Gasteiger partial charge in [-0.3, -0.25) is 4.90 Å². The Morgan fingerprint density at radius 1 is 1.33 bits per heavy atom. The molecule has 0 radical (unpaired) electrons. The van der Waals surface area contributed by atoms with Gasteiger partial charge < -0.3 is 9.26 Å². The predicted molar refractivity (Wildman–Crippen MR) is 79.6 cm³/mol. The summed E-state index contributed by atoms with van der Waals surface area (Å²) in [4.78, 5) is 6.63. The summed E-state index contributed by atoms with van der Waals surface area (Å²) in [5.74, 6) is 1.30. The van der Waals surface area contributed by atoms with Crippen LogP contribution in [0.3, 0.4) is 0 Å². The maximum absolute atomic E-state index is 5.55. The molecule has 110 valence electrons. The van der Waals surface area contributed by atoms with Crippen molar-refractivity contribution in [2.45, 2.75) is 13.0 Å². The molecular weight excluding hydrogens is 266 g/mol. The Labute approximate surface area is 124 Å². The summed E-state index contributed by atoms with van der Waals surface area (Å²) in [5, 5.41) is 3.87. The van der Waals surface area contributed by atoms with Gasteiger partial charge in [-0.05, 0) is 12.5 Å². The van der Waals surface area contributed by atoms with E-state index in [0.717, 1.165) is 19.7 Å². The number of rotatable bonds is 4. The summed E-state index contributed by atoms with van der Waals surface area (Å²) in [6, 6.07) is 10.3. The van der Waals surface area contributed by atoms with Crippen LogP contribution in [-0.2, 0) is 4.74 Å². The third kappa shape index (κ3) is 3.56. The second-order valence-electron chi connectivity index (χ2n) is 5.08. The standard InChI is InChI=1S/C16H19N3O2/c1-13-17-16(21-18-13)15-12-20-11-10-19(15)9-5-8-14-6-3-2-4-7-14/h2-8,15H,9-12H2,1H3. The molecular formula is C16H19N3O2. The average Bonchev–Trinajstić information content (AvgIpc) is 2.95. The highest BCUT2D eigenvalue weighted by molar-refractivity contribution is 5.48. The van der Waals surface area contributed by atoms with Crippen LogP contribution in [0.15, 0.2) is 40.9 Å². The summed E-state index contributed by atoms with van der Waals surface area (Å²) in [5.41, 5.74) is 1.20. The van der Waals surface area contributed by atoms with Crippen molar-refractivity contribution in [2.75, 3.05) is 26.3 Å². The van der Waals surface area contributed by atoms with Crippen molar-refractivity contribution in [1.82, 2.24) is 15.0 Å². The van der Waals surface area contributed by atoms with Crippen molar-refractivity contribution in [2.24, 2.45) is 0 Å². The third-order valence-corrected chi connectivity index (χ3v) is 3.52. The average molecular weight is 285 g/mol. The molecule has 5 nitrogen and oxygen atoms in total. The van der Waals surface area contributed by atoms with E-state index < -0.39 is 0 Å². The highest BCUT2D eigenvalue weighted by Gasteiger charge is 2.28. The Hall–Kier alpha value is -1.98. The van der Waals surface area contributed by atoms with E-state index >= 15 is 0 Å². The Morgan fingerprint density at radius 3 is 2.95 bits per heavy atom. The van der Waals surface area contributed by atoms with Crippen LogP contribution in [0.5, 0.6) is 0 Å². The van der Waals surface area contributed by atoms with E-state index in [1.54, 1.807) is 0 Å². The van der Waals surface area contributed by atoms with E-state index in [4.69, 9.17) is 9.26 Å². The maximum Gasteiger partial charge on any atom is 0.246 e.